The normalized spacial score (nSPS) is 9.80. The van der Waals surface area contributed by atoms with Crippen molar-refractivity contribution in [1.82, 2.24) is 0 Å². The summed E-state index contributed by atoms with van der Waals surface area (Å²) in [5.74, 6) is 0. The second kappa shape index (κ2) is 3.88. The Morgan fingerprint density at radius 1 is 1.20 bits per heavy atom. The number of hydrogen-bond donors (Lipinski definition) is 0. The smallest absolute Gasteiger partial charge is 0.0824 e. The SMILES string of the molecule is CSc1ccccc1SF. The van der Waals surface area contributed by atoms with Crippen LogP contribution >= 0.6 is 23.9 Å². The van der Waals surface area contributed by atoms with E-state index in [0.29, 0.717) is 17.0 Å². The molecular weight excluding hydrogens is 167 g/mol. The zero-order valence-corrected chi connectivity index (χ0v) is 7.14. The molecular formula is C7H7FS2. The average molecular weight is 174 g/mol. The molecule has 54 valence electrons. The summed E-state index contributed by atoms with van der Waals surface area (Å²) in [6.45, 7) is 0. The maximum absolute atomic E-state index is 12.1. The first-order valence-corrected chi connectivity index (χ1v) is 4.74. The number of halogens is 1. The Morgan fingerprint density at radius 3 is 2.20 bits per heavy atom. The molecule has 0 amide bonds. The Labute approximate surface area is 68.5 Å². The summed E-state index contributed by atoms with van der Waals surface area (Å²) in [5.41, 5.74) is 0. The van der Waals surface area contributed by atoms with Crippen molar-refractivity contribution in [3.8, 4) is 0 Å². The van der Waals surface area contributed by atoms with Crippen LogP contribution in [0.1, 0.15) is 0 Å². The molecule has 1 aromatic rings. The molecule has 0 N–H and O–H groups in total. The highest BCUT2D eigenvalue weighted by atomic mass is 32.2. The van der Waals surface area contributed by atoms with E-state index >= 15 is 0 Å². The van der Waals surface area contributed by atoms with Crippen LogP contribution in [0.25, 0.3) is 0 Å². The van der Waals surface area contributed by atoms with Crippen molar-refractivity contribution in [2.75, 3.05) is 6.26 Å². The van der Waals surface area contributed by atoms with Crippen LogP contribution < -0.4 is 0 Å². The van der Waals surface area contributed by atoms with Crippen LogP contribution in [0.3, 0.4) is 0 Å². The van der Waals surface area contributed by atoms with Crippen molar-refractivity contribution < 1.29 is 3.89 Å². The minimum absolute atomic E-state index is 0.299. The monoisotopic (exact) mass is 174 g/mol. The summed E-state index contributed by atoms with van der Waals surface area (Å²) in [6.07, 6.45) is 1.94. The summed E-state index contributed by atoms with van der Waals surface area (Å²) in [7, 11) is 0. The lowest BCUT2D eigenvalue weighted by Crippen LogP contribution is -1.72. The molecule has 0 saturated carbocycles. The van der Waals surface area contributed by atoms with Crippen molar-refractivity contribution in [1.29, 1.82) is 0 Å². The zero-order chi connectivity index (χ0) is 7.40. The number of hydrogen-bond acceptors (Lipinski definition) is 2. The standard InChI is InChI=1S/C7H7FS2/c1-9-6-4-2-3-5-7(6)10-8/h2-5H,1H3. The van der Waals surface area contributed by atoms with Gasteiger partial charge in [-0.05, 0) is 18.4 Å². The number of thioether (sulfide) groups is 1. The molecule has 0 spiro atoms. The third kappa shape index (κ3) is 1.67. The van der Waals surface area contributed by atoms with E-state index in [9.17, 15) is 3.89 Å². The lowest BCUT2D eigenvalue weighted by Gasteiger charge is -1.98. The zero-order valence-electron chi connectivity index (χ0n) is 5.50. The molecule has 0 unspecified atom stereocenters. The van der Waals surface area contributed by atoms with Gasteiger partial charge in [-0.3, -0.25) is 0 Å². The maximum Gasteiger partial charge on any atom is 0.0824 e. The Balaban J connectivity index is 2.96. The fraction of sp³-hybridized carbons (Fsp3) is 0.143. The molecule has 0 aliphatic heterocycles. The number of rotatable bonds is 2. The molecule has 0 aromatic heterocycles. The van der Waals surface area contributed by atoms with Gasteiger partial charge in [-0.25, -0.2) is 0 Å². The molecule has 0 aliphatic rings. The Morgan fingerprint density at radius 2 is 1.80 bits per heavy atom. The van der Waals surface area contributed by atoms with E-state index in [1.807, 2.05) is 24.5 Å². The van der Waals surface area contributed by atoms with Crippen LogP contribution in [-0.2, 0) is 0 Å². The van der Waals surface area contributed by atoms with Crippen molar-refractivity contribution in [3.63, 3.8) is 0 Å². The average Bonchev–Trinajstić information content (AvgIpc) is 2.04. The lowest BCUT2D eigenvalue weighted by molar-refractivity contribution is 0.927. The highest BCUT2D eigenvalue weighted by molar-refractivity contribution is 8.00. The first-order chi connectivity index (χ1) is 4.88. The van der Waals surface area contributed by atoms with E-state index in [1.165, 1.54) is 0 Å². The first-order valence-electron chi connectivity index (χ1n) is 2.80. The largest absolute Gasteiger partial charge is 0.160 e. The molecule has 3 heteroatoms. The summed E-state index contributed by atoms with van der Waals surface area (Å²) >= 11 is 1.86. The van der Waals surface area contributed by atoms with E-state index in [4.69, 9.17) is 0 Å². The molecule has 1 rings (SSSR count). The Bertz CT molecular complexity index is 190. The molecule has 10 heavy (non-hydrogen) atoms. The van der Waals surface area contributed by atoms with Crippen LogP contribution in [-0.4, -0.2) is 6.26 Å². The van der Waals surface area contributed by atoms with Crippen LogP contribution in [0.5, 0.6) is 0 Å². The van der Waals surface area contributed by atoms with E-state index in [-0.39, 0.29) is 0 Å². The second-order valence-electron chi connectivity index (χ2n) is 1.73. The van der Waals surface area contributed by atoms with Gasteiger partial charge in [0.2, 0.25) is 0 Å². The van der Waals surface area contributed by atoms with Gasteiger partial charge in [0.25, 0.3) is 0 Å². The molecule has 0 aliphatic carbocycles. The fourth-order valence-corrected chi connectivity index (χ4v) is 1.78. The highest BCUT2D eigenvalue weighted by Gasteiger charge is 1.98. The number of benzene rings is 1. The molecule has 0 heterocycles. The van der Waals surface area contributed by atoms with Gasteiger partial charge in [-0.2, -0.15) is 3.89 Å². The predicted octanol–water partition coefficient (Wildman–Crippen LogP) is 3.39. The second-order valence-corrected chi connectivity index (χ2v) is 3.17. The third-order valence-corrected chi connectivity index (χ3v) is 2.60. The molecule has 0 saturated heterocycles. The predicted molar refractivity (Wildman–Crippen MR) is 45.2 cm³/mol. The summed E-state index contributed by atoms with van der Waals surface area (Å²) in [5, 5.41) is 0. The molecule has 0 atom stereocenters. The minimum Gasteiger partial charge on any atom is -0.160 e. The molecule has 0 bridgehead atoms. The molecule has 0 radical (unpaired) electrons. The third-order valence-electron chi connectivity index (χ3n) is 1.15. The van der Waals surface area contributed by atoms with Crippen LogP contribution in [0.4, 0.5) is 3.89 Å². The molecule has 1 aromatic carbocycles. The Kier molecular flexibility index (Phi) is 3.09. The van der Waals surface area contributed by atoms with E-state index in [0.717, 1.165) is 4.90 Å². The van der Waals surface area contributed by atoms with Gasteiger partial charge in [0.15, 0.2) is 0 Å². The van der Waals surface area contributed by atoms with Gasteiger partial charge in [0, 0.05) is 4.90 Å². The summed E-state index contributed by atoms with van der Waals surface area (Å²) in [6, 6.07) is 7.43. The first kappa shape index (κ1) is 7.95. The van der Waals surface area contributed by atoms with E-state index in [2.05, 4.69) is 0 Å². The van der Waals surface area contributed by atoms with Crippen molar-refractivity contribution >= 4 is 23.9 Å². The molecule has 0 fully saturated rings. The van der Waals surface area contributed by atoms with Crippen LogP contribution in [0, 0.1) is 0 Å². The quantitative estimate of drug-likeness (QED) is 0.630. The van der Waals surface area contributed by atoms with Gasteiger partial charge in [-0.1, -0.05) is 12.1 Å². The van der Waals surface area contributed by atoms with E-state index < -0.39 is 0 Å². The van der Waals surface area contributed by atoms with Crippen molar-refractivity contribution in [3.05, 3.63) is 24.3 Å². The van der Waals surface area contributed by atoms with Gasteiger partial charge in [0.05, 0.1) is 17.0 Å². The summed E-state index contributed by atoms with van der Waals surface area (Å²) in [4.78, 5) is 1.70. The highest BCUT2D eigenvalue weighted by Crippen LogP contribution is 2.29. The summed E-state index contributed by atoms with van der Waals surface area (Å²) < 4.78 is 12.1. The van der Waals surface area contributed by atoms with Gasteiger partial charge < -0.3 is 0 Å². The van der Waals surface area contributed by atoms with Crippen molar-refractivity contribution in [2.45, 2.75) is 9.79 Å². The topological polar surface area (TPSA) is 0 Å². The van der Waals surface area contributed by atoms with Gasteiger partial charge >= 0.3 is 0 Å². The minimum atomic E-state index is 0.299. The lowest BCUT2D eigenvalue weighted by atomic mass is 10.4. The maximum atomic E-state index is 12.1. The van der Waals surface area contributed by atoms with Crippen LogP contribution in [0.2, 0.25) is 0 Å². The van der Waals surface area contributed by atoms with Gasteiger partial charge in [-0.15, -0.1) is 11.8 Å². The molecule has 0 nitrogen and oxygen atoms in total. The van der Waals surface area contributed by atoms with Crippen LogP contribution in [0.15, 0.2) is 34.1 Å². The fourth-order valence-electron chi connectivity index (χ4n) is 0.683. The van der Waals surface area contributed by atoms with Gasteiger partial charge in [0.1, 0.15) is 0 Å². The van der Waals surface area contributed by atoms with E-state index in [1.54, 1.807) is 17.8 Å². The Hall–Kier alpha value is -0.150. The van der Waals surface area contributed by atoms with Crippen molar-refractivity contribution in [2.24, 2.45) is 0 Å².